The summed E-state index contributed by atoms with van der Waals surface area (Å²) in [5.74, 6) is 1.23. The Labute approximate surface area is 144 Å². The van der Waals surface area contributed by atoms with Gasteiger partial charge in [-0.25, -0.2) is 0 Å². The summed E-state index contributed by atoms with van der Waals surface area (Å²) in [4.78, 5) is 7.26. The molecule has 4 rings (SSSR count). The minimum absolute atomic E-state index is 0. The second-order valence-corrected chi connectivity index (χ2v) is 6.78. The molecule has 3 aliphatic heterocycles. The molecular formula is C18H25ClN2O2. The molecule has 0 aromatic heterocycles. The fraction of sp³-hybridized carbons (Fsp3) is 0.611. The van der Waals surface area contributed by atoms with Crippen molar-refractivity contribution in [3.63, 3.8) is 0 Å². The van der Waals surface area contributed by atoms with Crippen molar-refractivity contribution in [1.29, 1.82) is 0 Å². The number of ether oxygens (including phenoxy) is 1. The molecule has 0 aromatic rings. The van der Waals surface area contributed by atoms with Gasteiger partial charge in [-0.1, -0.05) is 17.7 Å². The van der Waals surface area contributed by atoms with Crippen molar-refractivity contribution < 1.29 is 9.57 Å². The molecule has 0 radical (unpaired) electrons. The third-order valence-electron chi connectivity index (χ3n) is 5.53. The van der Waals surface area contributed by atoms with Gasteiger partial charge in [0.15, 0.2) is 0 Å². The first-order valence-electron chi connectivity index (χ1n) is 8.39. The molecule has 0 N–H and O–H groups in total. The van der Waals surface area contributed by atoms with E-state index in [9.17, 15) is 0 Å². The summed E-state index contributed by atoms with van der Waals surface area (Å²) >= 11 is 0. The van der Waals surface area contributed by atoms with Crippen molar-refractivity contribution in [2.24, 2.45) is 10.6 Å². The van der Waals surface area contributed by atoms with E-state index >= 15 is 0 Å². The van der Waals surface area contributed by atoms with E-state index in [1.807, 2.05) is 6.92 Å². The maximum absolute atomic E-state index is 6.46. The SMILES string of the molecule is CON=C(C)C1CC23CCCCC2=CN2C=CCCC2=C3O1.Cl. The summed E-state index contributed by atoms with van der Waals surface area (Å²) in [5, 5.41) is 4.12. The summed E-state index contributed by atoms with van der Waals surface area (Å²) in [6.45, 7) is 2.01. The molecule has 1 saturated heterocycles. The lowest BCUT2D eigenvalue weighted by Gasteiger charge is -2.43. The summed E-state index contributed by atoms with van der Waals surface area (Å²) in [5.41, 5.74) is 3.99. The van der Waals surface area contributed by atoms with Gasteiger partial charge in [0.1, 0.15) is 19.0 Å². The van der Waals surface area contributed by atoms with Crippen molar-refractivity contribution in [3.05, 3.63) is 35.5 Å². The number of halogens is 1. The highest BCUT2D eigenvalue weighted by molar-refractivity contribution is 5.86. The van der Waals surface area contributed by atoms with Gasteiger partial charge in [0, 0.05) is 18.8 Å². The molecule has 4 aliphatic rings. The summed E-state index contributed by atoms with van der Waals surface area (Å²) in [6, 6.07) is 0. The number of fused-ring (bicyclic) bond motifs is 1. The van der Waals surface area contributed by atoms with Gasteiger partial charge in [0.05, 0.1) is 16.8 Å². The van der Waals surface area contributed by atoms with Gasteiger partial charge in [-0.15, -0.1) is 12.4 Å². The number of nitrogens with zero attached hydrogens (tertiary/aromatic N) is 2. The van der Waals surface area contributed by atoms with Crippen molar-refractivity contribution in [2.75, 3.05) is 7.11 Å². The largest absolute Gasteiger partial charge is 0.486 e. The Morgan fingerprint density at radius 1 is 1.39 bits per heavy atom. The highest BCUT2D eigenvalue weighted by atomic mass is 35.5. The predicted molar refractivity (Wildman–Crippen MR) is 93.1 cm³/mol. The van der Waals surface area contributed by atoms with Crippen LogP contribution in [0.2, 0.25) is 0 Å². The zero-order chi connectivity index (χ0) is 15.2. The second-order valence-electron chi connectivity index (χ2n) is 6.78. The smallest absolute Gasteiger partial charge is 0.141 e. The molecule has 2 unspecified atom stereocenters. The molecule has 3 heterocycles. The van der Waals surface area contributed by atoms with E-state index in [-0.39, 0.29) is 23.9 Å². The maximum atomic E-state index is 6.46. The van der Waals surface area contributed by atoms with Crippen LogP contribution in [0.1, 0.15) is 51.9 Å². The van der Waals surface area contributed by atoms with Crippen LogP contribution in [0.3, 0.4) is 0 Å². The van der Waals surface area contributed by atoms with E-state index in [0.717, 1.165) is 25.0 Å². The molecule has 1 spiro atoms. The lowest BCUT2D eigenvalue weighted by atomic mass is 9.65. The predicted octanol–water partition coefficient (Wildman–Crippen LogP) is 4.50. The number of hydrogen-bond acceptors (Lipinski definition) is 4. The number of allylic oxidation sites excluding steroid dienone is 3. The van der Waals surface area contributed by atoms with Crippen LogP contribution < -0.4 is 0 Å². The molecule has 0 bridgehead atoms. The highest BCUT2D eigenvalue weighted by Gasteiger charge is 2.53. The molecule has 0 amide bonds. The molecule has 5 heteroatoms. The molecule has 126 valence electrons. The van der Waals surface area contributed by atoms with Crippen LogP contribution in [0.15, 0.2) is 40.7 Å². The van der Waals surface area contributed by atoms with Crippen molar-refractivity contribution in [3.8, 4) is 0 Å². The maximum Gasteiger partial charge on any atom is 0.141 e. The molecule has 0 aromatic carbocycles. The lowest BCUT2D eigenvalue weighted by Crippen LogP contribution is -2.34. The van der Waals surface area contributed by atoms with E-state index in [2.05, 4.69) is 28.5 Å². The van der Waals surface area contributed by atoms with Crippen LogP contribution in [0.4, 0.5) is 0 Å². The molecule has 2 atom stereocenters. The molecular weight excluding hydrogens is 312 g/mol. The van der Waals surface area contributed by atoms with Crippen LogP contribution in [-0.2, 0) is 9.57 Å². The molecule has 2 fully saturated rings. The highest BCUT2D eigenvalue weighted by Crippen LogP contribution is 2.58. The van der Waals surface area contributed by atoms with E-state index in [0.29, 0.717) is 0 Å². The summed E-state index contributed by atoms with van der Waals surface area (Å²) in [7, 11) is 1.60. The number of oxime groups is 1. The van der Waals surface area contributed by atoms with Crippen molar-refractivity contribution >= 4 is 18.1 Å². The number of hydrogen-bond donors (Lipinski definition) is 0. The second kappa shape index (κ2) is 6.23. The zero-order valence-corrected chi connectivity index (χ0v) is 14.7. The zero-order valence-electron chi connectivity index (χ0n) is 13.9. The van der Waals surface area contributed by atoms with Gasteiger partial charge in [0.25, 0.3) is 0 Å². The Kier molecular flexibility index (Phi) is 4.45. The minimum Gasteiger partial charge on any atom is -0.486 e. The molecule has 23 heavy (non-hydrogen) atoms. The Morgan fingerprint density at radius 2 is 2.26 bits per heavy atom. The molecule has 1 aliphatic carbocycles. The minimum atomic E-state index is 0. The molecule has 4 nitrogen and oxygen atoms in total. The van der Waals surface area contributed by atoms with Gasteiger partial charge in [0.2, 0.25) is 0 Å². The van der Waals surface area contributed by atoms with Crippen LogP contribution >= 0.6 is 12.4 Å². The fourth-order valence-corrected chi connectivity index (χ4v) is 4.46. The van der Waals surface area contributed by atoms with Crippen molar-refractivity contribution in [2.45, 2.75) is 58.0 Å². The van der Waals surface area contributed by atoms with E-state index < -0.39 is 0 Å². The average molecular weight is 337 g/mol. The van der Waals surface area contributed by atoms with Crippen LogP contribution in [0, 0.1) is 5.41 Å². The Bertz CT molecular complexity index is 608. The van der Waals surface area contributed by atoms with Gasteiger partial charge >= 0.3 is 0 Å². The van der Waals surface area contributed by atoms with Crippen molar-refractivity contribution in [1.82, 2.24) is 4.90 Å². The topological polar surface area (TPSA) is 34.1 Å². The first kappa shape index (κ1) is 16.4. The van der Waals surface area contributed by atoms with E-state index in [1.165, 1.54) is 37.1 Å². The Hall–Kier alpha value is -1.42. The quantitative estimate of drug-likeness (QED) is 0.550. The lowest BCUT2D eigenvalue weighted by molar-refractivity contribution is 0.174. The molecule has 1 saturated carbocycles. The van der Waals surface area contributed by atoms with Gasteiger partial charge in [-0.3, -0.25) is 0 Å². The van der Waals surface area contributed by atoms with E-state index in [1.54, 1.807) is 12.7 Å². The Balaban J connectivity index is 0.00000156. The van der Waals surface area contributed by atoms with Gasteiger partial charge < -0.3 is 14.5 Å². The van der Waals surface area contributed by atoms with Crippen LogP contribution in [0.25, 0.3) is 0 Å². The van der Waals surface area contributed by atoms with E-state index in [4.69, 9.17) is 9.57 Å². The van der Waals surface area contributed by atoms with Crippen LogP contribution in [0.5, 0.6) is 0 Å². The standard InChI is InChI=1S/C18H24N2O2.ClH/c1-13(19-21-2)16-11-18-9-5-3-7-14(18)12-20-10-6-4-8-15(20)17(18)22-16;/h6,10,12,16H,3-5,7-9,11H2,1-2H3;1H. The normalized spacial score (nSPS) is 32.3. The third-order valence-corrected chi connectivity index (χ3v) is 5.53. The van der Waals surface area contributed by atoms with Crippen LogP contribution in [-0.4, -0.2) is 23.8 Å². The third kappa shape index (κ3) is 2.47. The average Bonchev–Trinajstić information content (AvgIpc) is 2.93. The Morgan fingerprint density at radius 3 is 3.09 bits per heavy atom. The fourth-order valence-electron chi connectivity index (χ4n) is 4.46. The monoisotopic (exact) mass is 336 g/mol. The van der Waals surface area contributed by atoms with Gasteiger partial charge in [-0.2, -0.15) is 0 Å². The van der Waals surface area contributed by atoms with Gasteiger partial charge in [-0.05, 0) is 44.6 Å². The summed E-state index contributed by atoms with van der Waals surface area (Å²) < 4.78 is 6.46. The first-order chi connectivity index (χ1) is 10.7. The number of rotatable bonds is 2. The first-order valence-corrected chi connectivity index (χ1v) is 8.39. The summed E-state index contributed by atoms with van der Waals surface area (Å²) in [6.07, 6.45) is 15.1.